The molecule has 1 saturated heterocycles. The first kappa shape index (κ1) is 25.4. The number of aryl methyl sites for hydroxylation is 1. The number of imide groups is 1. The largest absolute Gasteiger partial charge is 0.478 e. The summed E-state index contributed by atoms with van der Waals surface area (Å²) < 4.78 is 1.11. The van der Waals surface area contributed by atoms with E-state index in [1.807, 2.05) is 31.2 Å². The molecule has 1 aliphatic heterocycles. The molecule has 3 aromatic carbocycles. The van der Waals surface area contributed by atoms with Gasteiger partial charge in [-0.2, -0.15) is 0 Å². The number of hydrogen-bond donors (Lipinski definition) is 2. The summed E-state index contributed by atoms with van der Waals surface area (Å²) in [5, 5.41) is 11.5. The highest BCUT2D eigenvalue weighted by atomic mass is 32.2. The number of benzene rings is 3. The number of carbonyl (C=O) groups excluding carboxylic acids is 3. The highest BCUT2D eigenvalue weighted by molar-refractivity contribution is 8.00. The van der Waals surface area contributed by atoms with Gasteiger partial charge in [-0.1, -0.05) is 12.1 Å². The van der Waals surface area contributed by atoms with Crippen molar-refractivity contribution in [1.29, 1.82) is 0 Å². The van der Waals surface area contributed by atoms with Crippen molar-refractivity contribution in [3.8, 4) is 10.6 Å². The predicted molar refractivity (Wildman–Crippen MR) is 148 cm³/mol. The number of carbonyl (C=O) groups is 4. The van der Waals surface area contributed by atoms with Gasteiger partial charge < -0.3 is 10.4 Å². The molecular weight excluding hydrogens is 522 g/mol. The average Bonchev–Trinajstić information content (AvgIpc) is 3.42. The smallest absolute Gasteiger partial charge is 0.328 e. The average molecular weight is 544 g/mol. The molecule has 8 nitrogen and oxygen atoms in total. The Morgan fingerprint density at radius 3 is 2.63 bits per heavy atom. The Hall–Kier alpha value is -4.28. The Labute approximate surface area is 226 Å². The van der Waals surface area contributed by atoms with Crippen molar-refractivity contribution in [2.75, 3.05) is 10.2 Å². The van der Waals surface area contributed by atoms with E-state index in [2.05, 4.69) is 11.4 Å². The summed E-state index contributed by atoms with van der Waals surface area (Å²) in [6, 6.07) is 20.2. The minimum absolute atomic E-state index is 0.0560. The van der Waals surface area contributed by atoms with Crippen molar-refractivity contribution < 1.29 is 24.3 Å². The molecule has 38 heavy (non-hydrogen) atoms. The SMILES string of the molecule is Cc1ccc2nc(-c3ccc(N4C(=O)C[C@H](Sc5cccc(NC(=O)/C=C/C(=O)O)c5)C4=O)cc3)sc2c1. The second-order valence-corrected chi connectivity index (χ2v) is 10.9. The zero-order valence-corrected chi connectivity index (χ0v) is 21.7. The summed E-state index contributed by atoms with van der Waals surface area (Å²) >= 11 is 2.84. The van der Waals surface area contributed by atoms with Gasteiger partial charge >= 0.3 is 5.97 Å². The van der Waals surface area contributed by atoms with E-state index >= 15 is 0 Å². The lowest BCUT2D eigenvalue weighted by atomic mass is 10.2. The van der Waals surface area contributed by atoms with Crippen molar-refractivity contribution in [2.24, 2.45) is 0 Å². The number of carboxylic acid groups (broad SMARTS) is 1. The van der Waals surface area contributed by atoms with Crippen LogP contribution in [0.4, 0.5) is 11.4 Å². The molecule has 4 aromatic rings. The Bertz CT molecular complexity index is 1610. The summed E-state index contributed by atoms with van der Waals surface area (Å²) in [6.07, 6.45) is 1.72. The van der Waals surface area contributed by atoms with Gasteiger partial charge in [0.25, 0.3) is 0 Å². The van der Waals surface area contributed by atoms with E-state index in [4.69, 9.17) is 10.1 Å². The highest BCUT2D eigenvalue weighted by Gasteiger charge is 2.40. The lowest BCUT2D eigenvalue weighted by molar-refractivity contribution is -0.131. The van der Waals surface area contributed by atoms with Gasteiger partial charge in [0.05, 0.1) is 21.2 Å². The second kappa shape index (κ2) is 10.6. The van der Waals surface area contributed by atoms with Crippen LogP contribution in [0.3, 0.4) is 0 Å². The van der Waals surface area contributed by atoms with Crippen LogP contribution in [0, 0.1) is 6.92 Å². The van der Waals surface area contributed by atoms with E-state index in [1.54, 1.807) is 47.7 Å². The molecule has 0 saturated carbocycles. The van der Waals surface area contributed by atoms with E-state index in [0.717, 1.165) is 32.9 Å². The van der Waals surface area contributed by atoms with Crippen LogP contribution in [0.25, 0.3) is 20.8 Å². The number of nitrogens with one attached hydrogen (secondary N) is 1. The molecule has 1 aliphatic rings. The van der Waals surface area contributed by atoms with Crippen molar-refractivity contribution in [3.05, 3.63) is 84.4 Å². The number of carboxylic acids is 1. The van der Waals surface area contributed by atoms with Gasteiger partial charge in [-0.3, -0.25) is 14.4 Å². The zero-order chi connectivity index (χ0) is 26.8. The molecule has 0 unspecified atom stereocenters. The molecule has 0 spiro atoms. The van der Waals surface area contributed by atoms with Crippen LogP contribution in [0.2, 0.25) is 0 Å². The van der Waals surface area contributed by atoms with Crippen LogP contribution in [-0.2, 0) is 19.2 Å². The van der Waals surface area contributed by atoms with Crippen molar-refractivity contribution in [1.82, 2.24) is 4.98 Å². The van der Waals surface area contributed by atoms with Gasteiger partial charge in [0, 0.05) is 34.7 Å². The molecule has 190 valence electrons. The van der Waals surface area contributed by atoms with Crippen molar-refractivity contribution >= 4 is 68.4 Å². The number of aromatic nitrogens is 1. The summed E-state index contributed by atoms with van der Waals surface area (Å²) in [4.78, 5) is 55.0. The number of anilines is 2. The van der Waals surface area contributed by atoms with Crippen LogP contribution in [0.15, 0.2) is 83.8 Å². The standard InChI is InChI=1S/C28H21N3O5S2/c1-16-5-10-21-22(13-16)38-27(30-21)17-6-8-19(9-7-17)31-25(33)15-23(28(31)36)37-20-4-2-3-18(14-20)29-24(32)11-12-26(34)35/h2-14,23H,15H2,1H3,(H,29,32)(H,34,35)/b12-11+/t23-/m0/s1. The van der Waals surface area contributed by atoms with Gasteiger partial charge in [-0.25, -0.2) is 14.7 Å². The molecule has 2 N–H and O–H groups in total. The van der Waals surface area contributed by atoms with E-state index in [1.165, 1.54) is 22.2 Å². The quantitative estimate of drug-likeness (QED) is 0.241. The Kier molecular flexibility index (Phi) is 7.08. The molecule has 10 heteroatoms. The van der Waals surface area contributed by atoms with Crippen LogP contribution in [-0.4, -0.2) is 39.0 Å². The number of thioether (sulfide) groups is 1. The molecule has 0 radical (unpaired) electrons. The van der Waals surface area contributed by atoms with Gasteiger partial charge in [-0.05, 0) is 67.1 Å². The fourth-order valence-electron chi connectivity index (χ4n) is 4.02. The number of amides is 3. The molecule has 5 rings (SSSR count). The van der Waals surface area contributed by atoms with Crippen LogP contribution < -0.4 is 10.2 Å². The predicted octanol–water partition coefficient (Wildman–Crippen LogP) is 5.28. The molecule has 1 aromatic heterocycles. The van der Waals surface area contributed by atoms with Gasteiger partial charge in [0.2, 0.25) is 17.7 Å². The number of rotatable bonds is 7. The third kappa shape index (κ3) is 5.51. The van der Waals surface area contributed by atoms with Crippen LogP contribution in [0.5, 0.6) is 0 Å². The fourth-order valence-corrected chi connectivity index (χ4v) is 6.20. The first-order chi connectivity index (χ1) is 18.3. The van der Waals surface area contributed by atoms with E-state index in [0.29, 0.717) is 16.3 Å². The normalized spacial score (nSPS) is 15.5. The van der Waals surface area contributed by atoms with Crippen LogP contribution >= 0.6 is 23.1 Å². The number of thiazole rings is 1. The number of nitrogens with zero attached hydrogens (tertiary/aromatic N) is 2. The van der Waals surface area contributed by atoms with Gasteiger partial charge in [0.1, 0.15) is 5.01 Å². The van der Waals surface area contributed by atoms with Gasteiger partial charge in [-0.15, -0.1) is 23.1 Å². The summed E-state index contributed by atoms with van der Waals surface area (Å²) in [7, 11) is 0. The van der Waals surface area contributed by atoms with E-state index in [-0.39, 0.29) is 18.2 Å². The molecule has 3 amide bonds. The number of hydrogen-bond acceptors (Lipinski definition) is 7. The van der Waals surface area contributed by atoms with Crippen LogP contribution in [0.1, 0.15) is 12.0 Å². The number of aliphatic carboxylic acids is 1. The Morgan fingerprint density at radius 1 is 1.08 bits per heavy atom. The highest BCUT2D eigenvalue weighted by Crippen LogP contribution is 2.36. The summed E-state index contributed by atoms with van der Waals surface area (Å²) in [6.45, 7) is 2.04. The lowest BCUT2D eigenvalue weighted by Crippen LogP contribution is -2.31. The number of fused-ring (bicyclic) bond motifs is 1. The monoisotopic (exact) mass is 543 g/mol. The van der Waals surface area contributed by atoms with E-state index in [9.17, 15) is 19.2 Å². The minimum Gasteiger partial charge on any atom is -0.478 e. The topological polar surface area (TPSA) is 117 Å². The zero-order valence-electron chi connectivity index (χ0n) is 20.1. The van der Waals surface area contributed by atoms with Crippen molar-refractivity contribution in [3.63, 3.8) is 0 Å². The molecule has 0 aliphatic carbocycles. The maximum atomic E-state index is 13.2. The lowest BCUT2D eigenvalue weighted by Gasteiger charge is -2.15. The van der Waals surface area contributed by atoms with E-state index < -0.39 is 17.1 Å². The summed E-state index contributed by atoms with van der Waals surface area (Å²) in [5.74, 6) is -2.39. The third-order valence-corrected chi connectivity index (χ3v) is 8.02. The first-order valence-corrected chi connectivity index (χ1v) is 13.3. The third-order valence-electron chi connectivity index (χ3n) is 5.78. The molecule has 1 atom stereocenters. The molecule has 2 heterocycles. The molecule has 1 fully saturated rings. The Balaban J connectivity index is 1.28. The maximum Gasteiger partial charge on any atom is 0.328 e. The maximum absolute atomic E-state index is 13.2. The minimum atomic E-state index is -1.22. The first-order valence-electron chi connectivity index (χ1n) is 11.6. The molecule has 0 bridgehead atoms. The summed E-state index contributed by atoms with van der Waals surface area (Å²) in [5.41, 5.74) is 3.98. The van der Waals surface area contributed by atoms with Crippen molar-refractivity contribution in [2.45, 2.75) is 23.5 Å². The van der Waals surface area contributed by atoms with Gasteiger partial charge in [0.15, 0.2) is 0 Å². The second-order valence-electron chi connectivity index (χ2n) is 8.60. The Morgan fingerprint density at radius 2 is 1.87 bits per heavy atom. The molecular formula is C28H21N3O5S2. The fraction of sp³-hybridized carbons (Fsp3) is 0.107.